The zero-order chi connectivity index (χ0) is 11.5. The third-order valence-corrected chi connectivity index (χ3v) is 3.48. The molecule has 1 nitrogen and oxygen atoms in total. The van der Waals surface area contributed by atoms with E-state index < -0.39 is 0 Å². The van der Waals surface area contributed by atoms with Crippen LogP contribution in [0.15, 0.2) is 28.2 Å². The van der Waals surface area contributed by atoms with Crippen LogP contribution in [-0.4, -0.2) is 6.04 Å². The largest absolute Gasteiger partial charge is 0.328 e. The molecule has 0 unspecified atom stereocenters. The van der Waals surface area contributed by atoms with E-state index in [1.165, 1.54) is 11.6 Å². The quantitative estimate of drug-likeness (QED) is 0.832. The molecule has 0 aromatic heterocycles. The van der Waals surface area contributed by atoms with Crippen molar-refractivity contribution in [2.45, 2.75) is 31.7 Å². The highest BCUT2D eigenvalue weighted by Gasteiger charge is 2.13. The van der Waals surface area contributed by atoms with Crippen molar-refractivity contribution in [3.63, 3.8) is 0 Å². The summed E-state index contributed by atoms with van der Waals surface area (Å²) < 4.78 is 14.4. The molecule has 0 heterocycles. The Bertz CT molecular complexity index is 404. The van der Waals surface area contributed by atoms with E-state index in [9.17, 15) is 4.39 Å². The number of allylic oxidation sites excluding steroid dienone is 1. The summed E-state index contributed by atoms with van der Waals surface area (Å²) in [6, 6.07) is 5.35. The second kappa shape index (κ2) is 5.11. The number of halogens is 2. The van der Waals surface area contributed by atoms with Crippen molar-refractivity contribution >= 4 is 22.0 Å². The van der Waals surface area contributed by atoms with Gasteiger partial charge in [0.15, 0.2) is 0 Å². The first-order valence-corrected chi connectivity index (χ1v) is 6.34. The van der Waals surface area contributed by atoms with Gasteiger partial charge in [-0.3, -0.25) is 0 Å². The Labute approximate surface area is 104 Å². The minimum atomic E-state index is -0.162. The summed E-state index contributed by atoms with van der Waals surface area (Å²) in [5, 5.41) is 0. The van der Waals surface area contributed by atoms with Gasteiger partial charge in [-0.15, -0.1) is 0 Å². The molecule has 1 fully saturated rings. The monoisotopic (exact) mass is 283 g/mol. The lowest BCUT2D eigenvalue weighted by atomic mass is 9.90. The topological polar surface area (TPSA) is 26.0 Å². The Morgan fingerprint density at radius 3 is 2.69 bits per heavy atom. The first-order chi connectivity index (χ1) is 7.65. The number of rotatable bonds is 1. The van der Waals surface area contributed by atoms with Gasteiger partial charge >= 0.3 is 0 Å². The molecule has 0 atom stereocenters. The van der Waals surface area contributed by atoms with Gasteiger partial charge < -0.3 is 5.73 Å². The molecule has 2 rings (SSSR count). The Morgan fingerprint density at radius 1 is 1.31 bits per heavy atom. The summed E-state index contributed by atoms with van der Waals surface area (Å²) in [5.41, 5.74) is 7.81. The molecular formula is C13H15BrFN. The van der Waals surface area contributed by atoms with Crippen LogP contribution < -0.4 is 5.73 Å². The van der Waals surface area contributed by atoms with Gasteiger partial charge in [0, 0.05) is 16.1 Å². The minimum Gasteiger partial charge on any atom is -0.328 e. The maximum Gasteiger partial charge on any atom is 0.130 e. The van der Waals surface area contributed by atoms with Crippen molar-refractivity contribution in [2.75, 3.05) is 0 Å². The summed E-state index contributed by atoms with van der Waals surface area (Å²) in [5.74, 6) is -0.162. The number of hydrogen-bond acceptors (Lipinski definition) is 1. The molecule has 1 aromatic rings. The van der Waals surface area contributed by atoms with Crippen LogP contribution >= 0.6 is 15.9 Å². The molecular weight excluding hydrogens is 269 g/mol. The third-order valence-electron chi connectivity index (χ3n) is 2.99. The molecule has 0 saturated heterocycles. The molecule has 0 amide bonds. The van der Waals surface area contributed by atoms with Crippen LogP contribution in [0, 0.1) is 5.82 Å². The molecule has 16 heavy (non-hydrogen) atoms. The van der Waals surface area contributed by atoms with Gasteiger partial charge in [-0.1, -0.05) is 27.6 Å². The van der Waals surface area contributed by atoms with Gasteiger partial charge in [-0.25, -0.2) is 4.39 Å². The highest BCUT2D eigenvalue weighted by atomic mass is 79.9. The summed E-state index contributed by atoms with van der Waals surface area (Å²) in [7, 11) is 0. The Kier molecular flexibility index (Phi) is 3.77. The zero-order valence-corrected chi connectivity index (χ0v) is 10.6. The van der Waals surface area contributed by atoms with Crippen LogP contribution in [0.5, 0.6) is 0 Å². The maximum atomic E-state index is 13.5. The van der Waals surface area contributed by atoms with Crippen molar-refractivity contribution in [3.05, 3.63) is 39.6 Å². The lowest BCUT2D eigenvalue weighted by Gasteiger charge is -2.20. The molecule has 86 valence electrons. The minimum absolute atomic E-state index is 0.162. The fourth-order valence-electron chi connectivity index (χ4n) is 2.00. The van der Waals surface area contributed by atoms with Gasteiger partial charge in [0.1, 0.15) is 5.82 Å². The highest BCUT2D eigenvalue weighted by Crippen LogP contribution is 2.26. The Balaban J connectivity index is 2.19. The first-order valence-electron chi connectivity index (χ1n) is 5.55. The maximum absolute atomic E-state index is 13.5. The highest BCUT2D eigenvalue weighted by molar-refractivity contribution is 9.10. The molecule has 2 N–H and O–H groups in total. The van der Waals surface area contributed by atoms with Crippen molar-refractivity contribution in [1.82, 2.24) is 0 Å². The van der Waals surface area contributed by atoms with E-state index in [2.05, 4.69) is 15.9 Å². The average molecular weight is 284 g/mol. The van der Waals surface area contributed by atoms with E-state index in [0.29, 0.717) is 11.6 Å². The van der Waals surface area contributed by atoms with E-state index in [1.807, 2.05) is 12.1 Å². The smallest absolute Gasteiger partial charge is 0.130 e. The van der Waals surface area contributed by atoms with E-state index in [1.54, 1.807) is 6.07 Å². The molecule has 0 radical (unpaired) electrons. The summed E-state index contributed by atoms with van der Waals surface area (Å²) in [6.45, 7) is 0. The normalized spacial score (nSPS) is 20.9. The second-order valence-corrected chi connectivity index (χ2v) is 5.22. The predicted octanol–water partition coefficient (Wildman–Crippen LogP) is 3.87. The Morgan fingerprint density at radius 2 is 2.00 bits per heavy atom. The predicted molar refractivity (Wildman–Crippen MR) is 68.5 cm³/mol. The molecule has 1 saturated carbocycles. The van der Waals surface area contributed by atoms with Crippen LogP contribution in [0.4, 0.5) is 4.39 Å². The average Bonchev–Trinajstić information content (AvgIpc) is 2.27. The van der Waals surface area contributed by atoms with Crippen molar-refractivity contribution < 1.29 is 4.39 Å². The van der Waals surface area contributed by atoms with E-state index >= 15 is 0 Å². The molecule has 3 heteroatoms. The number of nitrogens with two attached hydrogens (primary N) is 1. The molecule has 0 aliphatic heterocycles. The standard InChI is InChI=1S/C13H15BrFN/c14-11-3-6-13(15)10(8-11)7-9-1-4-12(16)5-2-9/h3,6-8,12H,1-2,4-5,16H2. The Hall–Kier alpha value is -0.670. The summed E-state index contributed by atoms with van der Waals surface area (Å²) in [4.78, 5) is 0. The van der Waals surface area contributed by atoms with Crippen molar-refractivity contribution in [3.8, 4) is 0 Å². The van der Waals surface area contributed by atoms with Crippen LogP contribution in [-0.2, 0) is 0 Å². The van der Waals surface area contributed by atoms with Crippen LogP contribution in [0.3, 0.4) is 0 Å². The summed E-state index contributed by atoms with van der Waals surface area (Å²) in [6.07, 6.45) is 5.98. The molecule has 0 bridgehead atoms. The number of benzene rings is 1. The van der Waals surface area contributed by atoms with Gasteiger partial charge in [0.2, 0.25) is 0 Å². The second-order valence-electron chi connectivity index (χ2n) is 4.31. The fraction of sp³-hybridized carbons (Fsp3) is 0.385. The summed E-state index contributed by atoms with van der Waals surface area (Å²) >= 11 is 3.35. The third kappa shape index (κ3) is 2.92. The lowest BCUT2D eigenvalue weighted by Crippen LogP contribution is -2.23. The molecule has 1 aromatic carbocycles. The fourth-order valence-corrected chi connectivity index (χ4v) is 2.38. The first kappa shape index (κ1) is 11.8. The van der Waals surface area contributed by atoms with Gasteiger partial charge in [-0.2, -0.15) is 0 Å². The van der Waals surface area contributed by atoms with Crippen molar-refractivity contribution in [2.24, 2.45) is 5.73 Å². The zero-order valence-electron chi connectivity index (χ0n) is 9.05. The van der Waals surface area contributed by atoms with Crippen molar-refractivity contribution in [1.29, 1.82) is 0 Å². The molecule has 1 aliphatic rings. The van der Waals surface area contributed by atoms with Crippen LogP contribution in [0.25, 0.3) is 6.08 Å². The van der Waals surface area contributed by atoms with E-state index in [-0.39, 0.29) is 5.82 Å². The van der Waals surface area contributed by atoms with Crippen LogP contribution in [0.2, 0.25) is 0 Å². The SMILES string of the molecule is NC1CCC(=Cc2cc(Br)ccc2F)CC1. The molecule has 0 spiro atoms. The van der Waals surface area contributed by atoms with E-state index in [4.69, 9.17) is 5.73 Å². The van der Waals surface area contributed by atoms with Crippen LogP contribution in [0.1, 0.15) is 31.2 Å². The van der Waals surface area contributed by atoms with Gasteiger partial charge in [-0.05, 0) is 43.9 Å². The molecule has 1 aliphatic carbocycles. The van der Waals surface area contributed by atoms with Gasteiger partial charge in [0.25, 0.3) is 0 Å². The number of hydrogen-bond donors (Lipinski definition) is 1. The lowest BCUT2D eigenvalue weighted by molar-refractivity contribution is 0.514. The van der Waals surface area contributed by atoms with E-state index in [0.717, 1.165) is 30.2 Å². The van der Waals surface area contributed by atoms with Gasteiger partial charge in [0.05, 0.1) is 0 Å².